The van der Waals surface area contributed by atoms with Crippen molar-refractivity contribution in [3.05, 3.63) is 35.9 Å². The highest BCUT2D eigenvalue weighted by Crippen LogP contribution is 2.27. The molecule has 0 radical (unpaired) electrons. The van der Waals surface area contributed by atoms with Crippen LogP contribution in [0.15, 0.2) is 30.3 Å². The maximum absolute atomic E-state index is 11.2. The standard InChI is InChI=1S/C20H32N2O2S/c1-3-22(17-15-18-8-4-5-9-18)16-7-6-10-19-11-13-20(14-12-19)21-25(2,23)24/h6,10-14,18,21H,3-5,7-9,15-17H2,1-2H3. The van der Waals surface area contributed by atoms with Gasteiger partial charge in [-0.05, 0) is 49.5 Å². The summed E-state index contributed by atoms with van der Waals surface area (Å²) in [6.45, 7) is 5.69. The summed E-state index contributed by atoms with van der Waals surface area (Å²) < 4.78 is 24.9. The summed E-state index contributed by atoms with van der Waals surface area (Å²) in [5.74, 6) is 0.962. The lowest BCUT2D eigenvalue weighted by Crippen LogP contribution is -2.26. The van der Waals surface area contributed by atoms with Gasteiger partial charge in [-0.2, -0.15) is 0 Å². The molecule has 0 atom stereocenters. The lowest BCUT2D eigenvalue weighted by Gasteiger charge is -2.21. The first kappa shape index (κ1) is 20.0. The SMILES string of the molecule is CCN(CCC=Cc1ccc(NS(C)(=O)=O)cc1)CCC1CCCC1. The van der Waals surface area contributed by atoms with Gasteiger partial charge in [-0.3, -0.25) is 4.72 Å². The third-order valence-electron chi connectivity index (χ3n) is 4.91. The van der Waals surface area contributed by atoms with Gasteiger partial charge < -0.3 is 4.90 Å². The van der Waals surface area contributed by atoms with Crippen molar-refractivity contribution in [1.82, 2.24) is 4.90 Å². The third kappa shape index (κ3) is 8.06. The Morgan fingerprint density at radius 2 is 1.84 bits per heavy atom. The van der Waals surface area contributed by atoms with Crippen molar-refractivity contribution in [3.63, 3.8) is 0 Å². The zero-order valence-corrected chi connectivity index (χ0v) is 16.4. The van der Waals surface area contributed by atoms with Crippen molar-refractivity contribution in [2.45, 2.75) is 45.4 Å². The third-order valence-corrected chi connectivity index (χ3v) is 5.52. The van der Waals surface area contributed by atoms with Crippen LogP contribution in [0.4, 0.5) is 5.69 Å². The van der Waals surface area contributed by atoms with Crippen LogP contribution in [0.5, 0.6) is 0 Å². The van der Waals surface area contributed by atoms with Crippen LogP contribution < -0.4 is 4.72 Å². The largest absolute Gasteiger partial charge is 0.303 e. The fourth-order valence-corrected chi connectivity index (χ4v) is 4.01. The Kier molecular flexibility index (Phi) is 7.97. The lowest BCUT2D eigenvalue weighted by molar-refractivity contribution is 0.268. The Balaban J connectivity index is 1.71. The second-order valence-corrected chi connectivity index (χ2v) is 8.81. The van der Waals surface area contributed by atoms with E-state index in [1.54, 1.807) is 12.1 Å². The monoisotopic (exact) mass is 364 g/mol. The highest BCUT2D eigenvalue weighted by Gasteiger charge is 2.15. The smallest absolute Gasteiger partial charge is 0.229 e. The van der Waals surface area contributed by atoms with E-state index in [1.165, 1.54) is 38.6 Å². The van der Waals surface area contributed by atoms with Gasteiger partial charge in [0.2, 0.25) is 10.0 Å². The van der Waals surface area contributed by atoms with Crippen molar-refractivity contribution < 1.29 is 8.42 Å². The van der Waals surface area contributed by atoms with Crippen molar-refractivity contribution in [1.29, 1.82) is 0 Å². The lowest BCUT2D eigenvalue weighted by atomic mass is 10.0. The van der Waals surface area contributed by atoms with Gasteiger partial charge in [-0.25, -0.2) is 8.42 Å². The molecule has 2 rings (SSSR count). The maximum atomic E-state index is 11.2. The molecular formula is C20H32N2O2S. The summed E-state index contributed by atoms with van der Waals surface area (Å²) in [4.78, 5) is 2.54. The average Bonchev–Trinajstić information content (AvgIpc) is 3.08. The normalized spacial score (nSPS) is 16.1. The Labute approximate surface area is 153 Å². The highest BCUT2D eigenvalue weighted by molar-refractivity contribution is 7.92. The van der Waals surface area contributed by atoms with Crippen LogP contribution in [0.3, 0.4) is 0 Å². The summed E-state index contributed by atoms with van der Waals surface area (Å²) in [6.07, 6.45) is 13.6. The van der Waals surface area contributed by atoms with Gasteiger partial charge >= 0.3 is 0 Å². The van der Waals surface area contributed by atoms with Gasteiger partial charge in [0.25, 0.3) is 0 Å². The molecule has 0 bridgehead atoms. The van der Waals surface area contributed by atoms with Crippen LogP contribution in [0.2, 0.25) is 0 Å². The number of rotatable bonds is 10. The molecule has 1 fully saturated rings. The number of nitrogens with zero attached hydrogens (tertiary/aromatic N) is 1. The fraction of sp³-hybridized carbons (Fsp3) is 0.600. The van der Waals surface area contributed by atoms with E-state index in [4.69, 9.17) is 0 Å². The molecule has 1 saturated carbocycles. The predicted molar refractivity (Wildman–Crippen MR) is 107 cm³/mol. The van der Waals surface area contributed by atoms with E-state index in [1.807, 2.05) is 12.1 Å². The molecule has 140 valence electrons. The van der Waals surface area contributed by atoms with Gasteiger partial charge in [-0.15, -0.1) is 0 Å². The maximum Gasteiger partial charge on any atom is 0.229 e. The van der Waals surface area contributed by atoms with Crippen molar-refractivity contribution in [3.8, 4) is 0 Å². The quantitative estimate of drug-likeness (QED) is 0.671. The molecular weight excluding hydrogens is 332 g/mol. The first-order chi connectivity index (χ1) is 12.0. The molecule has 0 saturated heterocycles. The minimum atomic E-state index is -3.21. The average molecular weight is 365 g/mol. The van der Waals surface area contributed by atoms with Crippen LogP contribution in [0.1, 0.15) is 51.0 Å². The molecule has 0 heterocycles. The predicted octanol–water partition coefficient (Wildman–Crippen LogP) is 4.36. The Morgan fingerprint density at radius 3 is 2.44 bits per heavy atom. The molecule has 0 spiro atoms. The van der Waals surface area contributed by atoms with Crippen molar-refractivity contribution >= 4 is 21.8 Å². The van der Waals surface area contributed by atoms with Gasteiger partial charge in [0.05, 0.1) is 6.26 Å². The number of anilines is 1. The summed E-state index contributed by atoms with van der Waals surface area (Å²) in [6, 6.07) is 7.45. The first-order valence-corrected chi connectivity index (χ1v) is 11.3. The van der Waals surface area contributed by atoms with Crippen molar-refractivity contribution in [2.24, 2.45) is 5.92 Å². The first-order valence-electron chi connectivity index (χ1n) is 9.43. The number of hydrogen-bond acceptors (Lipinski definition) is 3. The minimum absolute atomic E-state index is 0.601. The summed E-state index contributed by atoms with van der Waals surface area (Å²) >= 11 is 0. The molecule has 1 aliphatic rings. The van der Waals surface area contributed by atoms with Gasteiger partial charge in [0, 0.05) is 12.2 Å². The van der Waals surface area contributed by atoms with E-state index < -0.39 is 10.0 Å². The zero-order valence-electron chi connectivity index (χ0n) is 15.6. The summed E-state index contributed by atoms with van der Waals surface area (Å²) in [5, 5.41) is 0. The molecule has 1 aliphatic carbocycles. The summed E-state index contributed by atoms with van der Waals surface area (Å²) in [7, 11) is -3.21. The van der Waals surface area contributed by atoms with Crippen LogP contribution in [0.25, 0.3) is 6.08 Å². The molecule has 0 aliphatic heterocycles. The van der Waals surface area contributed by atoms with Crippen molar-refractivity contribution in [2.75, 3.05) is 30.6 Å². The molecule has 0 unspecified atom stereocenters. The Morgan fingerprint density at radius 1 is 1.16 bits per heavy atom. The molecule has 0 aromatic heterocycles. The van der Waals surface area contributed by atoms with Crippen LogP contribution >= 0.6 is 0 Å². The molecule has 1 aromatic rings. The van der Waals surface area contributed by atoms with E-state index in [-0.39, 0.29) is 0 Å². The van der Waals surface area contributed by atoms with Crippen LogP contribution in [-0.4, -0.2) is 39.2 Å². The Bertz CT molecular complexity index is 632. The molecule has 1 aromatic carbocycles. The van der Waals surface area contributed by atoms with E-state index in [0.717, 1.165) is 37.2 Å². The van der Waals surface area contributed by atoms with E-state index in [0.29, 0.717) is 5.69 Å². The van der Waals surface area contributed by atoms with E-state index in [9.17, 15) is 8.42 Å². The molecule has 4 nitrogen and oxygen atoms in total. The number of nitrogens with one attached hydrogen (secondary N) is 1. The molecule has 25 heavy (non-hydrogen) atoms. The highest BCUT2D eigenvalue weighted by atomic mass is 32.2. The second-order valence-electron chi connectivity index (χ2n) is 7.06. The molecule has 0 amide bonds. The minimum Gasteiger partial charge on any atom is -0.303 e. The van der Waals surface area contributed by atoms with Crippen LogP contribution in [0, 0.1) is 5.92 Å². The fourth-order valence-electron chi connectivity index (χ4n) is 3.45. The van der Waals surface area contributed by atoms with Gasteiger partial charge in [0.1, 0.15) is 0 Å². The number of benzene rings is 1. The number of hydrogen-bond donors (Lipinski definition) is 1. The van der Waals surface area contributed by atoms with E-state index in [2.05, 4.69) is 28.7 Å². The van der Waals surface area contributed by atoms with Gasteiger partial charge in [-0.1, -0.05) is 56.9 Å². The summed E-state index contributed by atoms with van der Waals surface area (Å²) in [5.41, 5.74) is 1.69. The molecule has 5 heteroatoms. The Hall–Kier alpha value is -1.33. The topological polar surface area (TPSA) is 49.4 Å². The zero-order chi connectivity index (χ0) is 18.1. The van der Waals surface area contributed by atoms with Gasteiger partial charge in [0.15, 0.2) is 0 Å². The van der Waals surface area contributed by atoms with Crippen LogP contribution in [-0.2, 0) is 10.0 Å². The van der Waals surface area contributed by atoms with E-state index >= 15 is 0 Å². The second kappa shape index (κ2) is 9.97. The number of sulfonamides is 1. The molecule has 1 N–H and O–H groups in total.